The van der Waals surface area contributed by atoms with Crippen molar-refractivity contribution in [3.63, 3.8) is 0 Å². The van der Waals surface area contributed by atoms with E-state index in [9.17, 15) is 4.79 Å². The second-order valence-corrected chi connectivity index (χ2v) is 1.95. The number of hydrogen-bond donors (Lipinski definition) is 1. The third-order valence-corrected chi connectivity index (χ3v) is 1.09. The quantitative estimate of drug-likeness (QED) is 0.602. The molecule has 0 saturated heterocycles. The Hall–Kier alpha value is -1.16. The second kappa shape index (κ2) is 3.12. The van der Waals surface area contributed by atoms with Gasteiger partial charge in [0.05, 0.1) is 12.6 Å². The molecule has 0 bridgehead atoms. The van der Waals surface area contributed by atoms with Crippen molar-refractivity contribution in [3.8, 4) is 0 Å². The molecule has 0 saturated carbocycles. The van der Waals surface area contributed by atoms with Crippen LogP contribution in [0.25, 0.3) is 0 Å². The Bertz CT molecular complexity index is 195. The van der Waals surface area contributed by atoms with Crippen molar-refractivity contribution in [2.24, 2.45) is 5.73 Å². The van der Waals surface area contributed by atoms with Crippen molar-refractivity contribution in [1.29, 1.82) is 0 Å². The van der Waals surface area contributed by atoms with Gasteiger partial charge in [-0.15, -0.1) is 0 Å². The van der Waals surface area contributed by atoms with Crippen molar-refractivity contribution >= 4 is 6.29 Å². The monoisotopic (exact) mass is 138 g/mol. The Balaban J connectivity index is 2.47. The molecule has 0 fully saturated rings. The molecule has 0 aromatic carbocycles. The highest BCUT2D eigenvalue weighted by molar-refractivity contribution is 5.57. The van der Waals surface area contributed by atoms with Gasteiger partial charge < -0.3 is 5.73 Å². The van der Waals surface area contributed by atoms with E-state index in [1.807, 2.05) is 0 Å². The largest absolute Gasteiger partial charge is 0.320 e. The zero-order chi connectivity index (χ0) is 7.40. The van der Waals surface area contributed by atoms with E-state index in [2.05, 4.69) is 5.10 Å². The highest BCUT2D eigenvalue weighted by Crippen LogP contribution is 1.85. The molecule has 10 heavy (non-hydrogen) atoms. The van der Waals surface area contributed by atoms with Gasteiger partial charge in [-0.05, 0) is 6.07 Å². The average Bonchev–Trinajstić information content (AvgIpc) is 2.40. The van der Waals surface area contributed by atoms with E-state index in [0.717, 1.165) is 0 Å². The maximum absolute atomic E-state index is 9.94. The molecule has 4 nitrogen and oxygen atoms in total. The minimum absolute atomic E-state index is 0.399. The summed E-state index contributed by atoms with van der Waals surface area (Å²) in [6.07, 6.45) is 5.05. The van der Waals surface area contributed by atoms with Crippen molar-refractivity contribution < 1.29 is 4.79 Å². The fourth-order valence-electron chi connectivity index (χ4n) is 0.647. The molecule has 1 radical (unpaired) electrons. The average molecular weight is 138 g/mol. The molecule has 0 spiro atoms. The summed E-state index contributed by atoms with van der Waals surface area (Å²) in [5, 5.41) is 3.86. The van der Waals surface area contributed by atoms with Gasteiger partial charge in [-0.25, -0.2) is 0 Å². The van der Waals surface area contributed by atoms with Crippen LogP contribution < -0.4 is 5.73 Å². The zero-order valence-electron chi connectivity index (χ0n) is 5.40. The van der Waals surface area contributed by atoms with Crippen LogP contribution in [0.2, 0.25) is 0 Å². The Morgan fingerprint density at radius 2 is 2.60 bits per heavy atom. The van der Waals surface area contributed by atoms with Crippen LogP contribution in [-0.4, -0.2) is 22.1 Å². The lowest BCUT2D eigenvalue weighted by atomic mass is 10.3. The third-order valence-electron chi connectivity index (χ3n) is 1.09. The summed E-state index contributed by atoms with van der Waals surface area (Å²) in [4.78, 5) is 9.94. The lowest BCUT2D eigenvalue weighted by Gasteiger charge is -2.01. The molecule has 4 heteroatoms. The van der Waals surface area contributed by atoms with Gasteiger partial charge in [0.2, 0.25) is 6.29 Å². The molecule has 0 aliphatic rings. The summed E-state index contributed by atoms with van der Waals surface area (Å²) in [7, 11) is 0. The van der Waals surface area contributed by atoms with Gasteiger partial charge in [-0.1, -0.05) is 0 Å². The number of hydrogen-bond acceptors (Lipinski definition) is 3. The number of nitrogens with two attached hydrogens (primary N) is 1. The highest BCUT2D eigenvalue weighted by atomic mass is 16.1. The smallest absolute Gasteiger partial charge is 0.218 e. The maximum Gasteiger partial charge on any atom is 0.218 e. The first-order chi connectivity index (χ1) is 4.83. The summed E-state index contributed by atoms with van der Waals surface area (Å²) >= 11 is 0. The van der Waals surface area contributed by atoms with Crippen molar-refractivity contribution in [2.75, 3.05) is 0 Å². The molecule has 0 aliphatic carbocycles. The van der Waals surface area contributed by atoms with Gasteiger partial charge in [0.15, 0.2) is 0 Å². The second-order valence-electron chi connectivity index (χ2n) is 1.95. The van der Waals surface area contributed by atoms with Crippen LogP contribution in [0.15, 0.2) is 18.5 Å². The van der Waals surface area contributed by atoms with E-state index in [4.69, 9.17) is 5.73 Å². The first-order valence-corrected chi connectivity index (χ1v) is 2.93. The number of carbonyl (C=O) groups excluding carboxylic acids is 1. The van der Waals surface area contributed by atoms with E-state index < -0.39 is 6.04 Å². The Labute approximate surface area is 58.6 Å². The molecule has 1 atom stereocenters. The van der Waals surface area contributed by atoms with Crippen LogP contribution >= 0.6 is 0 Å². The minimum Gasteiger partial charge on any atom is -0.320 e. The van der Waals surface area contributed by atoms with Crippen LogP contribution in [-0.2, 0) is 11.3 Å². The molecule has 1 rings (SSSR count). The summed E-state index contributed by atoms with van der Waals surface area (Å²) in [5.74, 6) is 0. The molecule has 1 aromatic heterocycles. The molecular formula is C6H8N3O. The van der Waals surface area contributed by atoms with Crippen LogP contribution in [0.4, 0.5) is 0 Å². The van der Waals surface area contributed by atoms with E-state index >= 15 is 0 Å². The fraction of sp³-hybridized carbons (Fsp3) is 0.333. The predicted octanol–water partition coefficient (Wildman–Crippen LogP) is -0.680. The first-order valence-electron chi connectivity index (χ1n) is 2.93. The SMILES string of the molecule is NC([C]=O)Cn1cccn1. The zero-order valence-corrected chi connectivity index (χ0v) is 5.40. The van der Waals surface area contributed by atoms with Gasteiger partial charge in [0, 0.05) is 12.4 Å². The standard InChI is InChI=1S/C6H8N3O/c7-6(5-10)4-9-3-1-2-8-9/h1-3,6H,4,7H2. The molecule has 1 aromatic rings. The summed E-state index contributed by atoms with van der Waals surface area (Å²) in [5.41, 5.74) is 5.28. The molecule has 1 heterocycles. The number of aromatic nitrogens is 2. The lowest BCUT2D eigenvalue weighted by molar-refractivity contribution is 0.512. The fourth-order valence-corrected chi connectivity index (χ4v) is 0.647. The van der Waals surface area contributed by atoms with E-state index in [0.29, 0.717) is 6.54 Å². The summed E-state index contributed by atoms with van der Waals surface area (Å²) < 4.78 is 1.59. The number of nitrogens with zero attached hydrogens (tertiary/aromatic N) is 2. The van der Waals surface area contributed by atoms with Crippen LogP contribution in [0, 0.1) is 0 Å². The van der Waals surface area contributed by atoms with Crippen molar-refractivity contribution in [3.05, 3.63) is 18.5 Å². The molecule has 0 aliphatic heterocycles. The van der Waals surface area contributed by atoms with E-state index in [-0.39, 0.29) is 0 Å². The Morgan fingerprint density at radius 3 is 3.10 bits per heavy atom. The van der Waals surface area contributed by atoms with Crippen LogP contribution in [0.3, 0.4) is 0 Å². The molecule has 0 amide bonds. The van der Waals surface area contributed by atoms with Gasteiger partial charge in [0.1, 0.15) is 0 Å². The third kappa shape index (κ3) is 1.66. The summed E-state index contributed by atoms with van der Waals surface area (Å²) in [6, 6.07) is 1.21. The normalized spacial score (nSPS) is 12.9. The summed E-state index contributed by atoms with van der Waals surface area (Å²) in [6.45, 7) is 0.399. The highest BCUT2D eigenvalue weighted by Gasteiger charge is 2.00. The Kier molecular flexibility index (Phi) is 2.17. The molecule has 2 N–H and O–H groups in total. The maximum atomic E-state index is 9.94. The topological polar surface area (TPSA) is 60.9 Å². The van der Waals surface area contributed by atoms with Gasteiger partial charge in [-0.2, -0.15) is 5.10 Å². The van der Waals surface area contributed by atoms with Gasteiger partial charge in [0.25, 0.3) is 0 Å². The van der Waals surface area contributed by atoms with E-state index in [1.54, 1.807) is 29.4 Å². The first kappa shape index (κ1) is 6.95. The lowest BCUT2D eigenvalue weighted by Crippen LogP contribution is -2.27. The van der Waals surface area contributed by atoms with E-state index in [1.165, 1.54) is 0 Å². The van der Waals surface area contributed by atoms with Crippen LogP contribution in [0.1, 0.15) is 0 Å². The van der Waals surface area contributed by atoms with Crippen molar-refractivity contribution in [1.82, 2.24) is 9.78 Å². The number of rotatable bonds is 3. The van der Waals surface area contributed by atoms with Crippen molar-refractivity contribution in [2.45, 2.75) is 12.6 Å². The van der Waals surface area contributed by atoms with Gasteiger partial charge >= 0.3 is 0 Å². The van der Waals surface area contributed by atoms with Crippen LogP contribution in [0.5, 0.6) is 0 Å². The molecule has 1 unspecified atom stereocenters. The molecule has 53 valence electrons. The van der Waals surface area contributed by atoms with Gasteiger partial charge in [-0.3, -0.25) is 9.48 Å². The minimum atomic E-state index is -0.570. The Morgan fingerprint density at radius 1 is 1.80 bits per heavy atom. The predicted molar refractivity (Wildman–Crippen MR) is 35.9 cm³/mol. The molecular weight excluding hydrogens is 130 g/mol.